The summed E-state index contributed by atoms with van der Waals surface area (Å²) in [5.41, 5.74) is 17.3. The van der Waals surface area contributed by atoms with Crippen LogP contribution < -0.4 is 27.1 Å². The Morgan fingerprint density at radius 1 is 1.13 bits per heavy atom. The summed E-state index contributed by atoms with van der Waals surface area (Å²) in [4.78, 5) is 2.62. The summed E-state index contributed by atoms with van der Waals surface area (Å²) in [5.74, 6) is -0.145. The van der Waals surface area contributed by atoms with Gasteiger partial charge in [-0.15, -0.1) is 10.2 Å². The van der Waals surface area contributed by atoms with E-state index in [0.29, 0.717) is 5.56 Å². The average molecular weight is 469 g/mol. The summed E-state index contributed by atoms with van der Waals surface area (Å²) < 4.78 is 53.3. The van der Waals surface area contributed by atoms with Crippen molar-refractivity contribution in [1.82, 2.24) is 30.3 Å². The number of hydrogen-bond acceptors (Lipinski definition) is 11. The van der Waals surface area contributed by atoms with E-state index < -0.39 is 35.9 Å². The van der Waals surface area contributed by atoms with Crippen molar-refractivity contribution in [2.45, 2.75) is 15.8 Å². The number of primary sulfonamides is 1. The third-order valence-electron chi connectivity index (χ3n) is 4.23. The quantitative estimate of drug-likeness (QED) is 0.205. The molecule has 16 heteroatoms. The molecule has 1 aromatic carbocycles. The summed E-state index contributed by atoms with van der Waals surface area (Å²) in [6, 6.07) is 4.90. The SMILES string of the molecule is NC[C@H](N)CNS(=O)(=O)c1ccc(-c2cccnc2N)c(-c2nn[nH]n2)c1S(N)(=O)=O. The van der Waals surface area contributed by atoms with Gasteiger partial charge < -0.3 is 17.2 Å². The standard InChI is InChI=1S/C15H20N10O4S2/c16-6-8(17)7-21-31(28,29)11-4-3-9(10-2-1-5-20-14(10)18)12(13(11)30(19,26)27)15-22-24-25-23-15/h1-5,8,21H,6-7,16-17H2,(H2,18,20)(H2,19,26,27)(H,22,23,24,25)/t8-/m0/s1. The van der Waals surface area contributed by atoms with Gasteiger partial charge in [-0.1, -0.05) is 6.07 Å². The first-order valence-electron chi connectivity index (χ1n) is 8.66. The van der Waals surface area contributed by atoms with Crippen molar-refractivity contribution in [2.75, 3.05) is 18.8 Å². The van der Waals surface area contributed by atoms with E-state index in [1.54, 1.807) is 12.1 Å². The lowest BCUT2D eigenvalue weighted by molar-refractivity contribution is 0.563. The molecule has 166 valence electrons. The molecule has 0 aliphatic carbocycles. The fourth-order valence-corrected chi connectivity index (χ4v) is 5.49. The number of aromatic amines is 1. The Morgan fingerprint density at radius 2 is 1.87 bits per heavy atom. The van der Waals surface area contributed by atoms with Crippen molar-refractivity contribution in [3.05, 3.63) is 30.5 Å². The van der Waals surface area contributed by atoms with E-state index in [9.17, 15) is 16.8 Å². The predicted molar refractivity (Wildman–Crippen MR) is 111 cm³/mol. The Hall–Kier alpha value is -3.02. The van der Waals surface area contributed by atoms with Crippen molar-refractivity contribution in [2.24, 2.45) is 16.6 Å². The highest BCUT2D eigenvalue weighted by molar-refractivity contribution is 7.92. The number of hydrogen-bond donors (Lipinski definition) is 6. The highest BCUT2D eigenvalue weighted by Crippen LogP contribution is 2.39. The molecule has 0 aliphatic rings. The maximum Gasteiger partial charge on any atom is 0.241 e. The predicted octanol–water partition coefficient (Wildman–Crippen LogP) is -2.28. The van der Waals surface area contributed by atoms with Crippen LogP contribution in [0.1, 0.15) is 0 Å². The lowest BCUT2D eigenvalue weighted by Gasteiger charge is -2.17. The first kappa shape index (κ1) is 22.7. The van der Waals surface area contributed by atoms with Gasteiger partial charge in [0.15, 0.2) is 0 Å². The lowest BCUT2D eigenvalue weighted by Crippen LogP contribution is -2.42. The fraction of sp³-hybridized carbons (Fsp3) is 0.200. The molecule has 0 spiro atoms. The molecule has 0 saturated heterocycles. The molecule has 0 bridgehead atoms. The second-order valence-electron chi connectivity index (χ2n) is 6.38. The number of nitrogen functional groups attached to an aromatic ring is 1. The van der Waals surface area contributed by atoms with E-state index in [1.165, 1.54) is 12.3 Å². The molecular weight excluding hydrogens is 448 g/mol. The Labute approximate surface area is 177 Å². The van der Waals surface area contributed by atoms with Crippen LogP contribution in [0.15, 0.2) is 40.3 Å². The Morgan fingerprint density at radius 3 is 2.45 bits per heavy atom. The minimum absolute atomic E-state index is 0.0118. The first-order valence-corrected chi connectivity index (χ1v) is 11.7. The minimum Gasteiger partial charge on any atom is -0.383 e. The molecule has 0 amide bonds. The number of benzene rings is 1. The number of tetrazole rings is 1. The molecular formula is C15H20N10O4S2. The van der Waals surface area contributed by atoms with Crippen molar-refractivity contribution in [3.63, 3.8) is 0 Å². The zero-order valence-electron chi connectivity index (χ0n) is 15.9. The van der Waals surface area contributed by atoms with E-state index in [-0.39, 0.29) is 35.9 Å². The van der Waals surface area contributed by atoms with E-state index in [4.69, 9.17) is 22.3 Å². The van der Waals surface area contributed by atoms with Crippen LogP contribution in [-0.2, 0) is 20.0 Å². The molecule has 3 aromatic rings. The van der Waals surface area contributed by atoms with E-state index in [1.807, 2.05) is 0 Å². The third kappa shape index (κ3) is 4.68. The third-order valence-corrected chi connectivity index (χ3v) is 6.82. The van der Waals surface area contributed by atoms with E-state index in [2.05, 4.69) is 30.3 Å². The molecule has 3 rings (SSSR count). The first-order chi connectivity index (χ1) is 14.6. The Balaban J connectivity index is 2.36. The van der Waals surface area contributed by atoms with Gasteiger partial charge >= 0.3 is 0 Å². The molecule has 14 nitrogen and oxygen atoms in total. The van der Waals surface area contributed by atoms with Crippen LogP contribution in [0.2, 0.25) is 0 Å². The largest absolute Gasteiger partial charge is 0.383 e. The monoisotopic (exact) mass is 468 g/mol. The van der Waals surface area contributed by atoms with Crippen molar-refractivity contribution >= 4 is 25.9 Å². The number of nitrogens with one attached hydrogen (secondary N) is 2. The van der Waals surface area contributed by atoms with Gasteiger partial charge in [-0.3, -0.25) is 0 Å². The van der Waals surface area contributed by atoms with Gasteiger partial charge in [0.25, 0.3) is 0 Å². The van der Waals surface area contributed by atoms with Gasteiger partial charge in [0.2, 0.25) is 25.9 Å². The molecule has 10 N–H and O–H groups in total. The summed E-state index contributed by atoms with van der Waals surface area (Å²) in [6.45, 7) is -0.213. The molecule has 0 saturated carbocycles. The number of nitrogens with two attached hydrogens (primary N) is 4. The highest BCUT2D eigenvalue weighted by atomic mass is 32.2. The van der Waals surface area contributed by atoms with Gasteiger partial charge in [-0.25, -0.2) is 31.7 Å². The van der Waals surface area contributed by atoms with Crippen molar-refractivity contribution in [3.8, 4) is 22.5 Å². The number of nitrogens with zero attached hydrogens (tertiary/aromatic N) is 4. The number of H-pyrrole nitrogens is 1. The Bertz CT molecular complexity index is 1290. The van der Waals surface area contributed by atoms with Crippen molar-refractivity contribution in [1.29, 1.82) is 0 Å². The number of rotatable bonds is 8. The van der Waals surface area contributed by atoms with Crippen molar-refractivity contribution < 1.29 is 16.8 Å². The maximum absolute atomic E-state index is 12.9. The lowest BCUT2D eigenvalue weighted by atomic mass is 9.99. The van der Waals surface area contributed by atoms with Crippen LogP contribution in [0.4, 0.5) is 5.82 Å². The molecule has 0 unspecified atom stereocenters. The molecule has 1 atom stereocenters. The van der Waals surface area contributed by atoms with Gasteiger partial charge in [-0.2, -0.15) is 5.21 Å². The van der Waals surface area contributed by atoms with Crippen LogP contribution in [0.5, 0.6) is 0 Å². The molecule has 0 fully saturated rings. The smallest absolute Gasteiger partial charge is 0.241 e. The topological polar surface area (TPSA) is 252 Å². The molecule has 2 heterocycles. The van der Waals surface area contributed by atoms with Crippen LogP contribution in [-0.4, -0.2) is 61.6 Å². The minimum atomic E-state index is -4.62. The second kappa shape index (κ2) is 8.61. The van der Waals surface area contributed by atoms with E-state index in [0.717, 1.165) is 6.07 Å². The van der Waals surface area contributed by atoms with Gasteiger partial charge in [-0.05, 0) is 29.0 Å². The van der Waals surface area contributed by atoms with Crippen LogP contribution in [0.25, 0.3) is 22.5 Å². The molecule has 31 heavy (non-hydrogen) atoms. The summed E-state index contributed by atoms with van der Waals surface area (Å²) >= 11 is 0. The van der Waals surface area contributed by atoms with Gasteiger partial charge in [0, 0.05) is 30.9 Å². The number of pyridine rings is 1. The zero-order chi connectivity index (χ0) is 22.8. The number of sulfonamides is 2. The van der Waals surface area contributed by atoms with Crippen LogP contribution in [0.3, 0.4) is 0 Å². The number of aromatic nitrogens is 5. The summed E-state index contributed by atoms with van der Waals surface area (Å²) in [6.07, 6.45) is 1.44. The highest BCUT2D eigenvalue weighted by Gasteiger charge is 2.32. The van der Waals surface area contributed by atoms with Crippen LogP contribution >= 0.6 is 0 Å². The summed E-state index contributed by atoms with van der Waals surface area (Å²) in [7, 11) is -9.00. The van der Waals surface area contributed by atoms with Gasteiger partial charge in [0.05, 0.1) is 5.56 Å². The molecule has 2 aromatic heterocycles. The van der Waals surface area contributed by atoms with Gasteiger partial charge in [0.1, 0.15) is 15.6 Å². The Kier molecular flexibility index (Phi) is 6.30. The molecule has 0 radical (unpaired) electrons. The maximum atomic E-state index is 12.9. The fourth-order valence-electron chi connectivity index (χ4n) is 2.79. The molecule has 0 aliphatic heterocycles. The van der Waals surface area contributed by atoms with E-state index >= 15 is 0 Å². The average Bonchev–Trinajstić information content (AvgIpc) is 3.25. The summed E-state index contributed by atoms with van der Waals surface area (Å²) in [5, 5.41) is 18.7. The van der Waals surface area contributed by atoms with Crippen LogP contribution in [0, 0.1) is 0 Å². The zero-order valence-corrected chi connectivity index (χ0v) is 17.6. The second-order valence-corrected chi connectivity index (χ2v) is 9.61. The number of anilines is 1. The normalized spacial score (nSPS) is 13.3.